The van der Waals surface area contributed by atoms with Gasteiger partial charge in [-0.05, 0) is 58.6 Å². The van der Waals surface area contributed by atoms with Gasteiger partial charge in [0.15, 0.2) is 5.65 Å². The van der Waals surface area contributed by atoms with E-state index in [1.807, 2.05) is 6.07 Å². The summed E-state index contributed by atoms with van der Waals surface area (Å²) in [5.74, 6) is 0.718. The SMILES string of the molecule is CN(C(=O)OC(C)(C)C)c1cc(Nc2cccnc2OC2CC2)nc2c(C(=O)N[C@H]3CC[C@H]3O)cnn12. The molecule has 2 amide bonds. The summed E-state index contributed by atoms with van der Waals surface area (Å²) in [5.41, 5.74) is 0.333. The van der Waals surface area contributed by atoms with Crippen LogP contribution in [-0.2, 0) is 4.74 Å². The van der Waals surface area contributed by atoms with Crippen LogP contribution < -0.4 is 20.3 Å². The molecule has 3 aromatic rings. The number of nitrogens with zero attached hydrogens (tertiary/aromatic N) is 5. The molecular weight excluding hydrogens is 478 g/mol. The fourth-order valence-corrected chi connectivity index (χ4v) is 3.79. The molecule has 2 aliphatic rings. The number of carbonyl (C=O) groups excluding carboxylic acids is 2. The molecule has 0 saturated heterocycles. The molecule has 0 radical (unpaired) electrons. The van der Waals surface area contributed by atoms with Gasteiger partial charge in [-0.2, -0.15) is 9.61 Å². The lowest BCUT2D eigenvalue weighted by Gasteiger charge is -2.32. The fraction of sp³-hybridized carbons (Fsp3) is 0.480. The van der Waals surface area contributed by atoms with Gasteiger partial charge in [-0.25, -0.2) is 14.8 Å². The van der Waals surface area contributed by atoms with Crippen molar-refractivity contribution in [1.29, 1.82) is 0 Å². The second kappa shape index (κ2) is 9.51. The molecule has 12 heteroatoms. The van der Waals surface area contributed by atoms with Crippen molar-refractivity contribution in [3.05, 3.63) is 36.2 Å². The molecular formula is C25H31N7O5. The largest absolute Gasteiger partial charge is 0.473 e. The van der Waals surface area contributed by atoms with E-state index in [-0.39, 0.29) is 23.4 Å². The molecule has 2 saturated carbocycles. The molecule has 0 unspecified atom stereocenters. The number of ether oxygens (including phenoxy) is 2. The molecule has 12 nitrogen and oxygen atoms in total. The van der Waals surface area contributed by atoms with E-state index in [2.05, 4.69) is 25.7 Å². The Hall–Kier alpha value is -3.93. The molecule has 2 aliphatic carbocycles. The number of pyridine rings is 1. The Morgan fingerprint density at radius 2 is 2.00 bits per heavy atom. The van der Waals surface area contributed by atoms with Crippen molar-refractivity contribution < 1.29 is 24.2 Å². The van der Waals surface area contributed by atoms with Gasteiger partial charge in [0.2, 0.25) is 5.88 Å². The molecule has 0 aromatic carbocycles. The number of hydrogen-bond acceptors (Lipinski definition) is 9. The molecule has 3 heterocycles. The van der Waals surface area contributed by atoms with Crippen LogP contribution in [0.2, 0.25) is 0 Å². The molecule has 196 valence electrons. The smallest absolute Gasteiger partial charge is 0.415 e. The van der Waals surface area contributed by atoms with E-state index < -0.39 is 23.7 Å². The van der Waals surface area contributed by atoms with Crippen LogP contribution in [0, 0.1) is 0 Å². The van der Waals surface area contributed by atoms with Gasteiger partial charge in [0.05, 0.1) is 18.3 Å². The normalized spacial score (nSPS) is 19.2. The highest BCUT2D eigenvalue weighted by Gasteiger charge is 2.32. The number of carbonyl (C=O) groups is 2. The van der Waals surface area contributed by atoms with E-state index in [0.717, 1.165) is 12.8 Å². The zero-order chi connectivity index (χ0) is 26.3. The first-order chi connectivity index (χ1) is 17.6. The van der Waals surface area contributed by atoms with Gasteiger partial charge in [0.1, 0.15) is 34.6 Å². The molecule has 0 aliphatic heterocycles. The first kappa shape index (κ1) is 24.8. The molecule has 0 spiro atoms. The van der Waals surface area contributed by atoms with E-state index in [1.54, 1.807) is 46.1 Å². The van der Waals surface area contributed by atoms with Crippen LogP contribution in [0.4, 0.5) is 22.1 Å². The van der Waals surface area contributed by atoms with Crippen molar-refractivity contribution in [3.63, 3.8) is 0 Å². The van der Waals surface area contributed by atoms with E-state index in [1.165, 1.54) is 15.6 Å². The van der Waals surface area contributed by atoms with Crippen molar-refractivity contribution in [2.75, 3.05) is 17.3 Å². The Bertz CT molecular complexity index is 1330. The lowest BCUT2D eigenvalue weighted by Crippen LogP contribution is -2.50. The van der Waals surface area contributed by atoms with Crippen LogP contribution in [0.3, 0.4) is 0 Å². The van der Waals surface area contributed by atoms with Crippen LogP contribution in [0.1, 0.15) is 56.8 Å². The third kappa shape index (κ3) is 5.43. The zero-order valence-electron chi connectivity index (χ0n) is 21.3. The first-order valence-corrected chi connectivity index (χ1v) is 12.3. The van der Waals surface area contributed by atoms with Crippen LogP contribution in [0.25, 0.3) is 5.65 Å². The average Bonchev–Trinajstić information content (AvgIpc) is 3.56. The van der Waals surface area contributed by atoms with Crippen LogP contribution in [0.5, 0.6) is 5.88 Å². The summed E-state index contributed by atoms with van der Waals surface area (Å²) in [7, 11) is 1.56. The summed E-state index contributed by atoms with van der Waals surface area (Å²) >= 11 is 0. The standard InChI is InChI=1S/C25H31N7O5/c1-25(2,3)37-24(35)31(4)20-12-19(28-17-6-5-11-26-23(17)36-14-7-8-14)30-21-15(13-27-32(20)21)22(34)29-16-9-10-18(16)33/h5-6,11-14,16,18,33H,7-10H2,1-4H3,(H,28,30)(H,29,34)/t16-,18+/m0/s1. The monoisotopic (exact) mass is 509 g/mol. The van der Waals surface area contributed by atoms with E-state index in [9.17, 15) is 14.7 Å². The summed E-state index contributed by atoms with van der Waals surface area (Å²) in [6.45, 7) is 5.34. The third-order valence-electron chi connectivity index (χ3n) is 6.10. The highest BCUT2D eigenvalue weighted by Crippen LogP contribution is 2.32. The number of nitrogens with one attached hydrogen (secondary N) is 2. The summed E-state index contributed by atoms with van der Waals surface area (Å²) in [5, 5.41) is 20.3. The summed E-state index contributed by atoms with van der Waals surface area (Å²) in [4.78, 5) is 36.2. The van der Waals surface area contributed by atoms with Crippen LogP contribution in [-0.4, -0.2) is 67.6 Å². The number of anilines is 3. The number of aliphatic hydroxyl groups is 1. The van der Waals surface area contributed by atoms with Gasteiger partial charge >= 0.3 is 6.09 Å². The quantitative estimate of drug-likeness (QED) is 0.438. The third-order valence-corrected chi connectivity index (χ3v) is 6.10. The van der Waals surface area contributed by atoms with Gasteiger partial charge in [0, 0.05) is 19.3 Å². The highest BCUT2D eigenvalue weighted by atomic mass is 16.6. The lowest BCUT2D eigenvalue weighted by molar-refractivity contribution is 0.0448. The second-order valence-electron chi connectivity index (χ2n) is 10.4. The van der Waals surface area contributed by atoms with E-state index >= 15 is 0 Å². The van der Waals surface area contributed by atoms with Crippen LogP contribution in [0.15, 0.2) is 30.6 Å². The average molecular weight is 510 g/mol. The maximum absolute atomic E-state index is 13.1. The Labute approximate surface area is 214 Å². The van der Waals surface area contributed by atoms with Crippen molar-refractivity contribution in [2.45, 2.75) is 70.3 Å². The molecule has 37 heavy (non-hydrogen) atoms. The predicted octanol–water partition coefficient (Wildman–Crippen LogP) is 3.03. The first-order valence-electron chi connectivity index (χ1n) is 12.3. The Morgan fingerprint density at radius 1 is 1.22 bits per heavy atom. The molecule has 2 atom stereocenters. The predicted molar refractivity (Wildman–Crippen MR) is 135 cm³/mol. The van der Waals surface area contributed by atoms with Gasteiger partial charge in [-0.3, -0.25) is 9.69 Å². The number of fused-ring (bicyclic) bond motifs is 1. The summed E-state index contributed by atoms with van der Waals surface area (Å²) in [6, 6.07) is 4.91. The number of aromatic nitrogens is 4. The Morgan fingerprint density at radius 3 is 2.65 bits per heavy atom. The topological polar surface area (TPSA) is 143 Å². The number of hydrogen-bond donors (Lipinski definition) is 3. The van der Waals surface area contributed by atoms with Crippen LogP contribution >= 0.6 is 0 Å². The van der Waals surface area contributed by atoms with Gasteiger partial charge in [0.25, 0.3) is 5.91 Å². The van der Waals surface area contributed by atoms with Crippen molar-refractivity contribution >= 4 is 35.0 Å². The van der Waals surface area contributed by atoms with Gasteiger partial charge in [-0.1, -0.05) is 0 Å². The fourth-order valence-electron chi connectivity index (χ4n) is 3.79. The van der Waals surface area contributed by atoms with Crippen molar-refractivity contribution in [3.8, 4) is 5.88 Å². The molecule has 2 fully saturated rings. The minimum Gasteiger partial charge on any atom is -0.473 e. The Kier molecular flexibility index (Phi) is 6.36. The highest BCUT2D eigenvalue weighted by molar-refractivity contribution is 6.00. The summed E-state index contributed by atoms with van der Waals surface area (Å²) in [6.07, 6.45) is 5.33. The number of amides is 2. The van der Waals surface area contributed by atoms with E-state index in [4.69, 9.17) is 9.47 Å². The molecule has 3 N–H and O–H groups in total. The molecule has 5 rings (SSSR count). The molecule has 0 bridgehead atoms. The van der Waals surface area contributed by atoms with E-state index in [0.29, 0.717) is 36.0 Å². The summed E-state index contributed by atoms with van der Waals surface area (Å²) < 4.78 is 12.9. The van der Waals surface area contributed by atoms with Crippen molar-refractivity contribution in [2.24, 2.45) is 0 Å². The maximum Gasteiger partial charge on any atom is 0.415 e. The Balaban J connectivity index is 1.53. The maximum atomic E-state index is 13.1. The number of aliphatic hydroxyl groups excluding tert-OH is 1. The van der Waals surface area contributed by atoms with Crippen molar-refractivity contribution in [1.82, 2.24) is 24.9 Å². The second-order valence-corrected chi connectivity index (χ2v) is 10.4. The molecule has 3 aromatic heterocycles. The lowest BCUT2D eigenvalue weighted by atomic mass is 9.89. The number of rotatable bonds is 7. The van der Waals surface area contributed by atoms with Gasteiger partial charge < -0.3 is 25.2 Å². The minimum atomic E-state index is -0.706. The zero-order valence-corrected chi connectivity index (χ0v) is 21.3. The minimum absolute atomic E-state index is 0.145. The van der Waals surface area contributed by atoms with Gasteiger partial charge in [-0.15, -0.1) is 0 Å².